The zero-order valence-electron chi connectivity index (χ0n) is 13.5. The molecule has 1 atom stereocenters. The fraction of sp³-hybridized carbons (Fsp3) is 0.188. The normalized spacial score (nSPS) is 12.8. The van der Waals surface area contributed by atoms with E-state index in [9.17, 15) is 4.39 Å². The van der Waals surface area contributed by atoms with E-state index in [1.807, 2.05) is 6.07 Å². The predicted molar refractivity (Wildman–Crippen MR) is 97.0 cm³/mol. The van der Waals surface area contributed by atoms with Crippen LogP contribution in [0.4, 0.5) is 4.39 Å². The first-order chi connectivity index (χ1) is 12.6. The predicted octanol–water partition coefficient (Wildman–Crippen LogP) is 4.31. The largest absolute Gasteiger partial charge is 0.381 e. The molecule has 0 radical (unpaired) electrons. The second-order valence-corrected chi connectivity index (χ2v) is 6.40. The Morgan fingerprint density at radius 1 is 1.31 bits per heavy atom. The number of rotatable bonds is 5. The minimum absolute atomic E-state index is 0.0859. The van der Waals surface area contributed by atoms with Crippen LogP contribution < -0.4 is 0 Å². The van der Waals surface area contributed by atoms with Crippen LogP contribution in [-0.2, 0) is 4.74 Å². The third-order valence-corrected chi connectivity index (χ3v) is 4.79. The van der Waals surface area contributed by atoms with Gasteiger partial charge < -0.3 is 9.72 Å². The van der Waals surface area contributed by atoms with Crippen LogP contribution in [0.2, 0.25) is 10.0 Å². The molecule has 3 aromatic heterocycles. The number of aromatic nitrogens is 6. The van der Waals surface area contributed by atoms with Crippen molar-refractivity contribution >= 4 is 34.1 Å². The minimum Gasteiger partial charge on any atom is -0.381 e. The van der Waals surface area contributed by atoms with Crippen molar-refractivity contribution in [3.05, 3.63) is 40.4 Å². The summed E-state index contributed by atoms with van der Waals surface area (Å²) in [4.78, 5) is 7.46. The second-order valence-electron chi connectivity index (χ2n) is 5.61. The number of ether oxygens (including phenoxy) is 1. The van der Waals surface area contributed by atoms with Gasteiger partial charge in [-0.05, 0) is 6.07 Å². The number of halogens is 3. The number of benzene rings is 1. The standard InChI is InChI=1S/C16H13Cl2FN6O/c1-26-6-10(19)15-23-16(25-24-15)14-11(7-4-20-21-5-7)8-2-3-9(17)12(18)13(8)22-14/h2-5,10,22H,6H2,1H3,(H,20,21)(H,23,24,25)/t10-/m1/s1. The summed E-state index contributed by atoms with van der Waals surface area (Å²) < 4.78 is 18.9. The summed E-state index contributed by atoms with van der Waals surface area (Å²) in [6.45, 7) is -0.114. The van der Waals surface area contributed by atoms with E-state index in [0.29, 0.717) is 27.1 Å². The maximum atomic E-state index is 14.0. The van der Waals surface area contributed by atoms with Crippen LogP contribution in [0.15, 0.2) is 24.5 Å². The molecule has 10 heteroatoms. The van der Waals surface area contributed by atoms with Crippen LogP contribution in [0.3, 0.4) is 0 Å². The number of nitrogens with zero attached hydrogens (tertiary/aromatic N) is 3. The number of H-pyrrole nitrogens is 3. The molecule has 7 nitrogen and oxygen atoms in total. The van der Waals surface area contributed by atoms with Crippen molar-refractivity contribution in [2.75, 3.05) is 13.7 Å². The monoisotopic (exact) mass is 394 g/mol. The lowest BCUT2D eigenvalue weighted by Gasteiger charge is -2.01. The second kappa shape index (κ2) is 6.71. The van der Waals surface area contributed by atoms with E-state index in [2.05, 4.69) is 30.4 Å². The number of aromatic amines is 3. The zero-order valence-corrected chi connectivity index (χ0v) is 15.0. The van der Waals surface area contributed by atoms with E-state index in [1.165, 1.54) is 7.11 Å². The highest BCUT2D eigenvalue weighted by Crippen LogP contribution is 2.41. The third-order valence-electron chi connectivity index (χ3n) is 3.99. The Bertz CT molecular complexity index is 1060. The van der Waals surface area contributed by atoms with Crippen LogP contribution in [0.25, 0.3) is 33.5 Å². The molecule has 0 spiro atoms. The smallest absolute Gasteiger partial charge is 0.198 e. The topological polar surface area (TPSA) is 95.3 Å². The van der Waals surface area contributed by atoms with E-state index in [4.69, 9.17) is 27.9 Å². The highest BCUT2D eigenvalue weighted by atomic mass is 35.5. The molecule has 0 aliphatic heterocycles. The summed E-state index contributed by atoms with van der Waals surface area (Å²) in [6, 6.07) is 3.56. The van der Waals surface area contributed by atoms with Gasteiger partial charge in [-0.3, -0.25) is 10.2 Å². The Morgan fingerprint density at radius 3 is 2.88 bits per heavy atom. The highest BCUT2D eigenvalue weighted by molar-refractivity contribution is 6.45. The summed E-state index contributed by atoms with van der Waals surface area (Å²) in [6.07, 6.45) is 2.01. The molecular formula is C16H13Cl2FN6O. The first kappa shape index (κ1) is 17.0. The van der Waals surface area contributed by atoms with Crippen LogP contribution in [0, 0.1) is 0 Å². The van der Waals surface area contributed by atoms with Crippen molar-refractivity contribution in [2.45, 2.75) is 6.17 Å². The van der Waals surface area contributed by atoms with Gasteiger partial charge in [0, 0.05) is 29.8 Å². The van der Waals surface area contributed by atoms with E-state index >= 15 is 0 Å². The average molecular weight is 395 g/mol. The number of fused-ring (bicyclic) bond motifs is 1. The van der Waals surface area contributed by atoms with Crippen molar-refractivity contribution in [3.8, 4) is 22.6 Å². The van der Waals surface area contributed by atoms with Gasteiger partial charge in [-0.25, -0.2) is 9.37 Å². The fourth-order valence-electron chi connectivity index (χ4n) is 2.81. The molecule has 0 amide bonds. The van der Waals surface area contributed by atoms with Gasteiger partial charge in [0.05, 0.1) is 34.1 Å². The number of alkyl halides is 1. The molecule has 0 bridgehead atoms. The van der Waals surface area contributed by atoms with Crippen LogP contribution in [0.1, 0.15) is 12.0 Å². The number of nitrogens with one attached hydrogen (secondary N) is 3. The maximum Gasteiger partial charge on any atom is 0.198 e. The van der Waals surface area contributed by atoms with E-state index in [1.54, 1.807) is 18.5 Å². The SMILES string of the molecule is COC[C@@H](F)c1nc(-c2[nH]c3c(Cl)c(Cl)ccc3c2-c2cn[nH]c2)n[nH]1. The molecule has 0 unspecified atom stereocenters. The van der Waals surface area contributed by atoms with Crippen molar-refractivity contribution in [1.82, 2.24) is 30.4 Å². The van der Waals surface area contributed by atoms with E-state index in [-0.39, 0.29) is 12.4 Å². The molecular weight excluding hydrogens is 382 g/mol. The Kier molecular flexibility index (Phi) is 4.39. The van der Waals surface area contributed by atoms with Crippen LogP contribution >= 0.6 is 23.2 Å². The Hall–Kier alpha value is -2.42. The summed E-state index contributed by atoms with van der Waals surface area (Å²) in [5.41, 5.74) is 2.83. The molecule has 4 aromatic rings. The molecule has 0 fully saturated rings. The van der Waals surface area contributed by atoms with Crippen molar-refractivity contribution in [3.63, 3.8) is 0 Å². The molecule has 0 aliphatic rings. The summed E-state index contributed by atoms with van der Waals surface area (Å²) in [5.74, 6) is 0.390. The first-order valence-corrected chi connectivity index (χ1v) is 8.40. The lowest BCUT2D eigenvalue weighted by molar-refractivity contribution is 0.120. The first-order valence-electron chi connectivity index (χ1n) is 7.64. The molecule has 26 heavy (non-hydrogen) atoms. The molecule has 0 saturated carbocycles. The molecule has 1 aromatic carbocycles. The lowest BCUT2D eigenvalue weighted by Crippen LogP contribution is -2.02. The van der Waals surface area contributed by atoms with Crippen molar-refractivity contribution < 1.29 is 9.13 Å². The third kappa shape index (κ3) is 2.76. The molecule has 134 valence electrons. The number of methoxy groups -OCH3 is 1. The Morgan fingerprint density at radius 2 is 2.15 bits per heavy atom. The molecule has 0 aliphatic carbocycles. The van der Waals surface area contributed by atoms with Gasteiger partial charge in [-0.2, -0.15) is 10.2 Å². The summed E-state index contributed by atoms with van der Waals surface area (Å²) in [7, 11) is 1.42. The summed E-state index contributed by atoms with van der Waals surface area (Å²) >= 11 is 12.5. The van der Waals surface area contributed by atoms with E-state index in [0.717, 1.165) is 16.5 Å². The number of hydrogen-bond acceptors (Lipinski definition) is 4. The lowest BCUT2D eigenvalue weighted by atomic mass is 10.0. The van der Waals surface area contributed by atoms with Gasteiger partial charge in [0.15, 0.2) is 17.8 Å². The molecule has 4 rings (SSSR count). The molecule has 0 saturated heterocycles. The highest BCUT2D eigenvalue weighted by Gasteiger charge is 2.23. The summed E-state index contributed by atoms with van der Waals surface area (Å²) in [5, 5.41) is 15.2. The van der Waals surface area contributed by atoms with Crippen molar-refractivity contribution in [1.29, 1.82) is 0 Å². The molecule has 3 N–H and O–H groups in total. The fourth-order valence-corrected chi connectivity index (χ4v) is 3.18. The van der Waals surface area contributed by atoms with Gasteiger partial charge in [-0.15, -0.1) is 0 Å². The van der Waals surface area contributed by atoms with Gasteiger partial charge in [-0.1, -0.05) is 29.3 Å². The van der Waals surface area contributed by atoms with Gasteiger partial charge >= 0.3 is 0 Å². The van der Waals surface area contributed by atoms with Gasteiger partial charge in [0.2, 0.25) is 0 Å². The zero-order chi connectivity index (χ0) is 18.3. The van der Waals surface area contributed by atoms with Gasteiger partial charge in [0.25, 0.3) is 0 Å². The number of hydrogen-bond donors (Lipinski definition) is 3. The quantitative estimate of drug-likeness (QED) is 0.469. The Labute approximate surface area is 156 Å². The van der Waals surface area contributed by atoms with E-state index < -0.39 is 6.17 Å². The van der Waals surface area contributed by atoms with Crippen LogP contribution in [-0.4, -0.2) is 44.1 Å². The molecule has 3 heterocycles. The Balaban J connectivity index is 1.92. The van der Waals surface area contributed by atoms with Crippen molar-refractivity contribution in [2.24, 2.45) is 0 Å². The van der Waals surface area contributed by atoms with Crippen LogP contribution in [0.5, 0.6) is 0 Å². The average Bonchev–Trinajstić information content (AvgIpc) is 3.36. The van der Waals surface area contributed by atoms with Gasteiger partial charge in [0.1, 0.15) is 0 Å². The maximum absolute atomic E-state index is 14.0. The minimum atomic E-state index is -1.40.